The zero-order valence-corrected chi connectivity index (χ0v) is 18.0. The summed E-state index contributed by atoms with van der Waals surface area (Å²) < 4.78 is 42.3. The molecule has 0 N–H and O–H groups in total. The molecule has 0 bridgehead atoms. The summed E-state index contributed by atoms with van der Waals surface area (Å²) in [6.45, 7) is 0.533. The molecule has 2 aromatic heterocycles. The lowest BCUT2D eigenvalue weighted by molar-refractivity contribution is -0.138. The first-order chi connectivity index (χ1) is 15.2. The third-order valence-corrected chi connectivity index (χ3v) is 6.83. The van der Waals surface area contributed by atoms with E-state index in [-0.39, 0.29) is 41.8 Å². The molecular weight excluding hydrogens is 445 g/mol. The summed E-state index contributed by atoms with van der Waals surface area (Å²) >= 11 is 6.36. The lowest BCUT2D eigenvalue weighted by atomic mass is 9.99. The van der Waals surface area contributed by atoms with Crippen molar-refractivity contribution in [3.05, 3.63) is 46.4 Å². The zero-order valence-electron chi connectivity index (χ0n) is 17.2. The number of allylic oxidation sites excluding steroid dienone is 1. The third kappa shape index (κ3) is 3.76. The number of rotatable bonds is 3. The molecule has 1 saturated heterocycles. The Morgan fingerprint density at radius 3 is 2.56 bits per heavy atom. The Morgan fingerprint density at radius 2 is 1.94 bits per heavy atom. The van der Waals surface area contributed by atoms with Crippen molar-refractivity contribution in [3.8, 4) is 0 Å². The number of hydrogen-bond donors (Lipinski definition) is 0. The molecule has 2 aliphatic carbocycles. The van der Waals surface area contributed by atoms with E-state index >= 15 is 0 Å². The number of nitrogens with zero attached hydrogens (tertiary/aromatic N) is 4. The smallest absolute Gasteiger partial charge is 0.336 e. The van der Waals surface area contributed by atoms with E-state index in [0.29, 0.717) is 12.1 Å². The zero-order chi connectivity index (χ0) is 22.6. The summed E-state index contributed by atoms with van der Waals surface area (Å²) in [5.74, 6) is -0.730. The molecule has 2 amide bonds. The number of piperazine rings is 1. The van der Waals surface area contributed by atoms with Crippen LogP contribution >= 0.6 is 11.6 Å². The van der Waals surface area contributed by atoms with E-state index in [0.717, 1.165) is 42.6 Å². The maximum atomic E-state index is 13.7. The van der Waals surface area contributed by atoms with Crippen molar-refractivity contribution in [2.45, 2.75) is 50.2 Å². The van der Waals surface area contributed by atoms with E-state index in [2.05, 4.69) is 17.1 Å². The molecule has 1 aliphatic heterocycles. The topological polar surface area (TPSA) is 57.9 Å². The predicted octanol–water partition coefficient (Wildman–Crippen LogP) is 4.28. The highest BCUT2D eigenvalue weighted by Gasteiger charge is 2.39. The van der Waals surface area contributed by atoms with Crippen molar-refractivity contribution < 1.29 is 22.8 Å². The number of pyridine rings is 1. The lowest BCUT2D eigenvalue weighted by Crippen LogP contribution is -2.55. The molecule has 32 heavy (non-hydrogen) atoms. The molecular formula is C22H22ClF3N4O2. The van der Waals surface area contributed by atoms with Crippen LogP contribution in [0.15, 0.2) is 24.4 Å². The van der Waals surface area contributed by atoms with E-state index in [9.17, 15) is 22.8 Å². The van der Waals surface area contributed by atoms with Gasteiger partial charge in [0.05, 0.1) is 5.56 Å². The van der Waals surface area contributed by atoms with Crippen LogP contribution in [0.4, 0.5) is 13.2 Å². The fraction of sp³-hybridized carbons (Fsp3) is 0.500. The summed E-state index contributed by atoms with van der Waals surface area (Å²) in [4.78, 5) is 32.9. The SMILES string of the molecule is O=C(c1nc2c(C(F)(F)F)cc(C3CC3)cn2c1Cl)N1CCN(C2CC=CCC2)C(=O)C1. The van der Waals surface area contributed by atoms with Crippen LogP contribution in [0.3, 0.4) is 0 Å². The van der Waals surface area contributed by atoms with Crippen molar-refractivity contribution in [3.63, 3.8) is 0 Å². The highest BCUT2D eigenvalue weighted by Crippen LogP contribution is 2.43. The van der Waals surface area contributed by atoms with Gasteiger partial charge in [-0.05, 0) is 49.7 Å². The van der Waals surface area contributed by atoms with Crippen molar-refractivity contribution in [2.75, 3.05) is 19.6 Å². The molecule has 170 valence electrons. The van der Waals surface area contributed by atoms with Crippen LogP contribution in [0, 0.1) is 0 Å². The van der Waals surface area contributed by atoms with Gasteiger partial charge in [-0.15, -0.1) is 0 Å². The van der Waals surface area contributed by atoms with Crippen molar-refractivity contribution in [1.29, 1.82) is 0 Å². The van der Waals surface area contributed by atoms with Gasteiger partial charge < -0.3 is 9.80 Å². The van der Waals surface area contributed by atoms with Crippen LogP contribution in [0.2, 0.25) is 5.15 Å². The molecule has 0 aromatic carbocycles. The van der Waals surface area contributed by atoms with Gasteiger partial charge in [0.15, 0.2) is 11.3 Å². The molecule has 1 saturated carbocycles. The van der Waals surface area contributed by atoms with E-state index in [1.165, 1.54) is 11.1 Å². The number of alkyl halides is 3. The average molecular weight is 467 g/mol. The second kappa shape index (κ2) is 7.79. The fourth-order valence-corrected chi connectivity index (χ4v) is 4.83. The predicted molar refractivity (Wildman–Crippen MR) is 112 cm³/mol. The summed E-state index contributed by atoms with van der Waals surface area (Å²) in [7, 11) is 0. The van der Waals surface area contributed by atoms with Crippen molar-refractivity contribution >= 4 is 29.1 Å². The van der Waals surface area contributed by atoms with Crippen LogP contribution < -0.4 is 0 Å². The minimum absolute atomic E-state index is 0.0680. The van der Waals surface area contributed by atoms with E-state index in [1.807, 2.05) is 0 Å². The summed E-state index contributed by atoms with van der Waals surface area (Å²) in [5, 5.41) is -0.162. The first-order valence-corrected chi connectivity index (χ1v) is 11.1. The Kier molecular flexibility index (Phi) is 5.19. The van der Waals surface area contributed by atoms with Gasteiger partial charge in [0, 0.05) is 25.3 Å². The second-order valence-corrected chi connectivity index (χ2v) is 9.01. The Morgan fingerprint density at radius 1 is 1.16 bits per heavy atom. The molecule has 6 nitrogen and oxygen atoms in total. The van der Waals surface area contributed by atoms with Crippen LogP contribution in [0.1, 0.15) is 59.6 Å². The van der Waals surface area contributed by atoms with Gasteiger partial charge in [0.25, 0.3) is 5.91 Å². The van der Waals surface area contributed by atoms with Gasteiger partial charge in [-0.1, -0.05) is 23.8 Å². The summed E-state index contributed by atoms with van der Waals surface area (Å²) in [5.41, 5.74) is -1.02. The number of imidazole rings is 1. The first-order valence-electron chi connectivity index (χ1n) is 10.8. The highest BCUT2D eigenvalue weighted by molar-refractivity contribution is 6.33. The van der Waals surface area contributed by atoms with Gasteiger partial charge in [-0.3, -0.25) is 14.0 Å². The number of fused-ring (bicyclic) bond motifs is 1. The summed E-state index contributed by atoms with van der Waals surface area (Å²) in [6, 6.07) is 1.23. The van der Waals surface area contributed by atoms with Gasteiger partial charge >= 0.3 is 6.18 Å². The molecule has 0 radical (unpaired) electrons. The number of hydrogen-bond acceptors (Lipinski definition) is 3. The standard InChI is InChI=1S/C22H22ClF3N4O2/c23-19-18(21(32)28-8-9-29(17(31)12-28)15-4-2-1-3-5-15)27-20-16(22(24,25)26)10-14(11-30(19)20)13-6-7-13/h1-2,10-11,13,15H,3-9,12H2. The van der Waals surface area contributed by atoms with E-state index in [4.69, 9.17) is 11.6 Å². The molecule has 3 heterocycles. The van der Waals surface area contributed by atoms with E-state index < -0.39 is 23.3 Å². The fourth-order valence-electron chi connectivity index (χ4n) is 4.58. The number of halogens is 4. The molecule has 0 spiro atoms. The molecule has 2 fully saturated rings. The monoisotopic (exact) mass is 466 g/mol. The van der Waals surface area contributed by atoms with Crippen molar-refractivity contribution in [1.82, 2.24) is 19.2 Å². The number of carbonyl (C=O) groups is 2. The Balaban J connectivity index is 1.43. The highest BCUT2D eigenvalue weighted by atomic mass is 35.5. The molecule has 10 heteroatoms. The lowest BCUT2D eigenvalue weighted by Gasteiger charge is -2.39. The molecule has 1 atom stereocenters. The van der Waals surface area contributed by atoms with Gasteiger partial charge in [0.1, 0.15) is 11.7 Å². The number of amides is 2. The quantitative estimate of drug-likeness (QED) is 0.634. The molecule has 3 aliphatic rings. The minimum atomic E-state index is -4.63. The van der Waals surface area contributed by atoms with Gasteiger partial charge in [0.2, 0.25) is 5.91 Å². The number of aromatic nitrogens is 2. The Labute approximate surface area is 187 Å². The molecule has 1 unspecified atom stereocenters. The Hall–Kier alpha value is -2.55. The van der Waals surface area contributed by atoms with Gasteiger partial charge in [-0.2, -0.15) is 13.2 Å². The largest absolute Gasteiger partial charge is 0.419 e. The third-order valence-electron chi connectivity index (χ3n) is 6.47. The Bertz CT molecular complexity index is 1120. The maximum Gasteiger partial charge on any atom is 0.419 e. The normalized spacial score (nSPS) is 22.1. The molecule has 2 aromatic rings. The van der Waals surface area contributed by atoms with Crippen LogP contribution in [0.25, 0.3) is 5.65 Å². The maximum absolute atomic E-state index is 13.7. The number of carbonyl (C=O) groups excluding carboxylic acids is 2. The van der Waals surface area contributed by atoms with E-state index in [1.54, 1.807) is 4.90 Å². The van der Waals surface area contributed by atoms with Crippen LogP contribution in [-0.2, 0) is 11.0 Å². The first kappa shape index (κ1) is 21.3. The van der Waals surface area contributed by atoms with Crippen LogP contribution in [-0.4, -0.2) is 56.7 Å². The molecule has 5 rings (SSSR count). The minimum Gasteiger partial charge on any atom is -0.336 e. The summed E-state index contributed by atoms with van der Waals surface area (Å²) in [6.07, 6.45) is 5.30. The van der Waals surface area contributed by atoms with Crippen molar-refractivity contribution in [2.24, 2.45) is 0 Å². The second-order valence-electron chi connectivity index (χ2n) is 8.66. The average Bonchev–Trinajstić information content (AvgIpc) is 3.56. The van der Waals surface area contributed by atoms with Gasteiger partial charge in [-0.25, -0.2) is 4.98 Å². The van der Waals surface area contributed by atoms with Crippen LogP contribution in [0.5, 0.6) is 0 Å².